The second-order valence-corrected chi connectivity index (χ2v) is 6.47. The summed E-state index contributed by atoms with van der Waals surface area (Å²) in [4.78, 5) is 12.1. The normalized spacial score (nSPS) is 22.3. The minimum Gasteiger partial charge on any atom is -0.494 e. The Morgan fingerprint density at radius 2 is 1.76 bits per heavy atom. The van der Waals surface area contributed by atoms with Crippen LogP contribution in [-0.4, -0.2) is 20.6 Å². The summed E-state index contributed by atoms with van der Waals surface area (Å²) in [5.74, 6) is -3.17. The molecule has 4 nitrogen and oxygen atoms in total. The first kappa shape index (κ1) is 16.0. The maximum absolute atomic E-state index is 13.5. The molecule has 2 aromatic rings. The van der Waals surface area contributed by atoms with E-state index < -0.39 is 35.2 Å². The number of aromatic nitrogens is 1. The van der Waals surface area contributed by atoms with Crippen LogP contribution in [0.15, 0.2) is 18.2 Å². The summed E-state index contributed by atoms with van der Waals surface area (Å²) in [7, 11) is 0. The molecule has 2 N–H and O–H groups in total. The third-order valence-corrected chi connectivity index (χ3v) is 5.11. The molecule has 132 valence electrons. The number of aromatic hydroxyl groups is 2. The van der Waals surface area contributed by atoms with Crippen molar-refractivity contribution in [3.63, 3.8) is 0 Å². The van der Waals surface area contributed by atoms with E-state index in [0.717, 1.165) is 10.6 Å². The third-order valence-electron chi connectivity index (χ3n) is 5.11. The van der Waals surface area contributed by atoms with Gasteiger partial charge >= 0.3 is 6.18 Å². The Balaban J connectivity index is 1.93. The highest BCUT2D eigenvalue weighted by Crippen LogP contribution is 2.56. The maximum atomic E-state index is 13.5. The molecule has 1 fully saturated rings. The zero-order valence-electron chi connectivity index (χ0n) is 12.8. The van der Waals surface area contributed by atoms with Crippen LogP contribution in [0.5, 0.6) is 11.8 Å². The molecule has 0 radical (unpaired) electrons. The van der Waals surface area contributed by atoms with Crippen molar-refractivity contribution in [2.24, 2.45) is 0 Å². The van der Waals surface area contributed by atoms with E-state index in [1.165, 1.54) is 0 Å². The summed E-state index contributed by atoms with van der Waals surface area (Å²) in [6.45, 7) is 0. The second kappa shape index (κ2) is 5.00. The van der Waals surface area contributed by atoms with Crippen LogP contribution in [0.3, 0.4) is 0 Å². The van der Waals surface area contributed by atoms with Gasteiger partial charge in [-0.1, -0.05) is 0 Å². The lowest BCUT2D eigenvalue weighted by Gasteiger charge is -2.34. The lowest BCUT2D eigenvalue weighted by atomic mass is 9.67. The quantitative estimate of drug-likeness (QED) is 0.761. The number of rotatable bonds is 1. The highest BCUT2D eigenvalue weighted by Gasteiger charge is 2.45. The Morgan fingerprint density at radius 3 is 2.40 bits per heavy atom. The summed E-state index contributed by atoms with van der Waals surface area (Å²) in [6.07, 6.45) is -3.47. The molecule has 0 saturated heterocycles. The van der Waals surface area contributed by atoms with Crippen LogP contribution >= 0.6 is 0 Å². The summed E-state index contributed by atoms with van der Waals surface area (Å²) < 4.78 is 53.2. The first-order valence-electron chi connectivity index (χ1n) is 7.76. The molecular weight excluding hydrogens is 342 g/mol. The van der Waals surface area contributed by atoms with Gasteiger partial charge in [0.05, 0.1) is 11.3 Å². The van der Waals surface area contributed by atoms with Crippen LogP contribution < -0.4 is 0 Å². The van der Waals surface area contributed by atoms with E-state index in [1.54, 1.807) is 0 Å². The van der Waals surface area contributed by atoms with Crippen molar-refractivity contribution in [2.45, 2.75) is 37.3 Å². The Labute approximate surface area is 139 Å². The van der Waals surface area contributed by atoms with Gasteiger partial charge in [-0.15, -0.1) is 0 Å². The molecule has 1 aromatic heterocycles. The number of carbonyl (C=O) groups excluding carboxylic acids is 1. The molecule has 0 aliphatic heterocycles. The van der Waals surface area contributed by atoms with Gasteiger partial charge in [0.25, 0.3) is 0 Å². The molecule has 0 unspecified atom stereocenters. The molecule has 5 rings (SSSR count). The fourth-order valence-corrected chi connectivity index (χ4v) is 4.01. The first-order chi connectivity index (χ1) is 11.7. The smallest absolute Gasteiger partial charge is 0.419 e. The minimum absolute atomic E-state index is 0.0497. The number of fused-ring (bicyclic) bond motifs is 2. The molecule has 1 heterocycles. The molecule has 2 atom stereocenters. The van der Waals surface area contributed by atoms with Crippen molar-refractivity contribution in [2.75, 3.05) is 0 Å². The third kappa shape index (κ3) is 2.16. The zero-order chi connectivity index (χ0) is 18.1. The molecule has 0 spiro atoms. The second-order valence-electron chi connectivity index (χ2n) is 6.47. The topological polar surface area (TPSA) is 62.5 Å². The summed E-state index contributed by atoms with van der Waals surface area (Å²) >= 11 is 0. The van der Waals surface area contributed by atoms with Gasteiger partial charge in [-0.3, -0.25) is 9.36 Å². The molecule has 3 aliphatic rings. The molecule has 25 heavy (non-hydrogen) atoms. The van der Waals surface area contributed by atoms with Crippen molar-refractivity contribution < 1.29 is 32.6 Å². The minimum atomic E-state index is -4.91. The Morgan fingerprint density at radius 1 is 1.08 bits per heavy atom. The van der Waals surface area contributed by atoms with Gasteiger partial charge in [-0.05, 0) is 37.0 Å². The average Bonchev–Trinajstić information content (AvgIpc) is 2.81. The molecule has 2 bridgehead atoms. The van der Waals surface area contributed by atoms with E-state index in [9.17, 15) is 32.6 Å². The van der Waals surface area contributed by atoms with E-state index >= 15 is 0 Å². The number of halogens is 4. The summed E-state index contributed by atoms with van der Waals surface area (Å²) in [6, 6.07) is 2.21. The van der Waals surface area contributed by atoms with Gasteiger partial charge in [0.2, 0.25) is 11.8 Å². The number of hydrogen-bond donors (Lipinski definition) is 2. The molecule has 1 saturated carbocycles. The lowest BCUT2D eigenvalue weighted by Crippen LogP contribution is -2.28. The fraction of sp³-hybridized carbons (Fsp3) is 0.353. The predicted octanol–water partition coefficient (Wildman–Crippen LogP) is 3.98. The van der Waals surface area contributed by atoms with Crippen molar-refractivity contribution >= 4 is 5.78 Å². The van der Waals surface area contributed by atoms with E-state index in [0.29, 0.717) is 30.5 Å². The number of carbonyl (C=O) groups is 1. The number of ketones is 1. The van der Waals surface area contributed by atoms with Crippen molar-refractivity contribution in [3.05, 3.63) is 40.7 Å². The monoisotopic (exact) mass is 355 g/mol. The van der Waals surface area contributed by atoms with Gasteiger partial charge < -0.3 is 10.2 Å². The first-order valence-corrected chi connectivity index (χ1v) is 7.76. The maximum Gasteiger partial charge on any atom is 0.419 e. The largest absolute Gasteiger partial charge is 0.494 e. The number of alkyl halides is 3. The lowest BCUT2D eigenvalue weighted by molar-refractivity contribution is -0.140. The van der Waals surface area contributed by atoms with Gasteiger partial charge in [0, 0.05) is 23.5 Å². The SMILES string of the molecule is O=C1C[C@@H]2CC[C@H]1c1c2c(O)n(-c2ccc(F)c(C(F)(F)F)c2)c1O. The van der Waals surface area contributed by atoms with E-state index in [1.807, 2.05) is 0 Å². The highest BCUT2D eigenvalue weighted by molar-refractivity contribution is 5.91. The Kier molecular flexibility index (Phi) is 3.20. The van der Waals surface area contributed by atoms with Crippen LogP contribution in [-0.2, 0) is 11.0 Å². The highest BCUT2D eigenvalue weighted by atomic mass is 19.4. The van der Waals surface area contributed by atoms with Crippen molar-refractivity contribution in [3.8, 4) is 17.4 Å². The van der Waals surface area contributed by atoms with Gasteiger partial charge in [-0.2, -0.15) is 13.2 Å². The molecule has 3 aliphatic carbocycles. The standard InChI is InChI=1S/C17H13F4NO3/c18-11-4-2-8(6-10(11)17(19,20)21)22-15(24)13-7-1-3-9(12(23)5-7)14(13)16(22)25/h2,4,6-7,9,24-25H,1,3,5H2/t7-,9+/m0/s1. The van der Waals surface area contributed by atoms with E-state index in [4.69, 9.17) is 0 Å². The van der Waals surface area contributed by atoms with Crippen LogP contribution in [0.4, 0.5) is 17.6 Å². The van der Waals surface area contributed by atoms with Gasteiger partial charge in [0.15, 0.2) is 0 Å². The fourth-order valence-electron chi connectivity index (χ4n) is 4.01. The number of benzene rings is 1. The Hall–Kier alpha value is -2.51. The van der Waals surface area contributed by atoms with Crippen molar-refractivity contribution in [1.29, 1.82) is 0 Å². The van der Waals surface area contributed by atoms with Crippen LogP contribution in [0.1, 0.15) is 47.8 Å². The number of hydrogen-bond acceptors (Lipinski definition) is 3. The molecule has 0 amide bonds. The Bertz CT molecular complexity index is 900. The summed E-state index contributed by atoms with van der Waals surface area (Å²) in [5, 5.41) is 21.0. The van der Waals surface area contributed by atoms with Crippen LogP contribution in [0, 0.1) is 5.82 Å². The average molecular weight is 355 g/mol. The zero-order valence-corrected chi connectivity index (χ0v) is 12.8. The molecule has 1 aromatic carbocycles. The van der Waals surface area contributed by atoms with Gasteiger partial charge in [0.1, 0.15) is 11.6 Å². The summed E-state index contributed by atoms with van der Waals surface area (Å²) in [5.41, 5.74) is -1.02. The van der Waals surface area contributed by atoms with E-state index in [-0.39, 0.29) is 29.4 Å². The number of Topliss-reactive ketones (excluding diaryl/α,β-unsaturated/α-hetero) is 1. The predicted molar refractivity (Wildman–Crippen MR) is 78.4 cm³/mol. The molecular formula is C17H13F4NO3. The van der Waals surface area contributed by atoms with Gasteiger partial charge in [-0.25, -0.2) is 4.39 Å². The van der Waals surface area contributed by atoms with Crippen LogP contribution in [0.2, 0.25) is 0 Å². The van der Waals surface area contributed by atoms with E-state index in [2.05, 4.69) is 0 Å². The molecule has 8 heteroatoms. The van der Waals surface area contributed by atoms with Crippen LogP contribution in [0.25, 0.3) is 5.69 Å². The van der Waals surface area contributed by atoms with Crippen molar-refractivity contribution in [1.82, 2.24) is 4.57 Å². The number of nitrogens with zero attached hydrogens (tertiary/aromatic N) is 1.